The van der Waals surface area contributed by atoms with E-state index in [-0.39, 0.29) is 0 Å². The molecule has 1 aliphatic rings. The van der Waals surface area contributed by atoms with Crippen LogP contribution in [0, 0.1) is 0 Å². The van der Waals surface area contributed by atoms with Crippen LogP contribution in [0.5, 0.6) is 0 Å². The van der Waals surface area contributed by atoms with E-state index < -0.39 is 0 Å². The van der Waals surface area contributed by atoms with Crippen LogP contribution in [0.4, 0.5) is 5.69 Å². The summed E-state index contributed by atoms with van der Waals surface area (Å²) in [5.41, 5.74) is 1.05. The average molecular weight is 330 g/mol. The summed E-state index contributed by atoms with van der Waals surface area (Å²) in [4.78, 5) is 2.22. The maximum absolute atomic E-state index is 6.08. The molecule has 1 saturated carbocycles. The van der Waals surface area contributed by atoms with Crippen molar-refractivity contribution in [3.63, 3.8) is 0 Å². The number of rotatable bonds is 7. The van der Waals surface area contributed by atoms with Crippen molar-refractivity contribution in [1.82, 2.24) is 10.2 Å². The van der Waals surface area contributed by atoms with Gasteiger partial charge in [-0.1, -0.05) is 23.2 Å². The molecule has 0 bridgehead atoms. The molecule has 1 fully saturated rings. The van der Waals surface area contributed by atoms with Gasteiger partial charge in [-0.3, -0.25) is 0 Å². The monoisotopic (exact) mass is 329 g/mol. The molecule has 0 aliphatic heterocycles. The Morgan fingerprint density at radius 3 is 2.62 bits per heavy atom. The third kappa shape index (κ3) is 5.33. The lowest BCUT2D eigenvalue weighted by Gasteiger charge is -2.24. The predicted octanol–water partition coefficient (Wildman–Crippen LogP) is 3.87. The van der Waals surface area contributed by atoms with Crippen molar-refractivity contribution in [2.75, 3.05) is 32.5 Å². The van der Waals surface area contributed by atoms with Gasteiger partial charge in [-0.2, -0.15) is 0 Å². The lowest BCUT2D eigenvalue weighted by molar-refractivity contribution is 0.383. The van der Waals surface area contributed by atoms with Crippen LogP contribution in [0.3, 0.4) is 0 Å². The van der Waals surface area contributed by atoms with Gasteiger partial charge in [0.05, 0.1) is 10.0 Å². The molecular weight excluding hydrogens is 305 g/mol. The molecule has 21 heavy (non-hydrogen) atoms. The molecule has 0 heterocycles. The van der Waals surface area contributed by atoms with E-state index in [4.69, 9.17) is 23.2 Å². The summed E-state index contributed by atoms with van der Waals surface area (Å²) in [5, 5.41) is 8.49. The number of anilines is 1. The number of halogens is 2. The Balaban J connectivity index is 1.82. The van der Waals surface area contributed by atoms with E-state index in [1.807, 2.05) is 18.2 Å². The fraction of sp³-hybridized carbons (Fsp3) is 0.625. The number of nitrogens with zero attached hydrogens (tertiary/aromatic N) is 1. The summed E-state index contributed by atoms with van der Waals surface area (Å²) >= 11 is 12.0. The molecule has 2 atom stereocenters. The minimum atomic E-state index is 0.474. The molecule has 0 spiro atoms. The first-order chi connectivity index (χ1) is 10.1. The molecular formula is C16H25Cl2N3. The van der Waals surface area contributed by atoms with Crippen LogP contribution in [0.2, 0.25) is 10.0 Å². The standard InChI is InChI=1S/C16H25Cl2N3/c1-21(2)10-4-9-19-15-5-3-6-16(15)20-12-7-8-13(17)14(18)11-12/h7-8,11,15-16,19-20H,3-6,9-10H2,1-2H3/t15-,16-/m1/s1. The summed E-state index contributed by atoms with van der Waals surface area (Å²) < 4.78 is 0. The molecule has 0 amide bonds. The highest BCUT2D eigenvalue weighted by atomic mass is 35.5. The number of hydrogen-bond donors (Lipinski definition) is 2. The first-order valence-electron chi connectivity index (χ1n) is 7.66. The maximum Gasteiger partial charge on any atom is 0.0612 e. The third-order valence-electron chi connectivity index (χ3n) is 3.98. The molecule has 118 valence electrons. The SMILES string of the molecule is CN(C)CCCN[C@@H]1CCC[C@H]1Nc1ccc(Cl)c(Cl)c1. The minimum Gasteiger partial charge on any atom is -0.381 e. The Kier molecular flexibility index (Phi) is 6.62. The van der Waals surface area contributed by atoms with Gasteiger partial charge in [0.15, 0.2) is 0 Å². The second-order valence-electron chi connectivity index (χ2n) is 6.03. The molecule has 1 aromatic rings. The van der Waals surface area contributed by atoms with E-state index in [2.05, 4.69) is 29.6 Å². The van der Waals surface area contributed by atoms with Crippen LogP contribution in [-0.2, 0) is 0 Å². The number of benzene rings is 1. The van der Waals surface area contributed by atoms with E-state index in [0.717, 1.165) is 18.8 Å². The molecule has 0 aromatic heterocycles. The fourth-order valence-electron chi connectivity index (χ4n) is 2.86. The predicted molar refractivity (Wildman–Crippen MR) is 92.7 cm³/mol. The van der Waals surface area contributed by atoms with Gasteiger partial charge in [0.1, 0.15) is 0 Å². The largest absolute Gasteiger partial charge is 0.381 e. The number of nitrogens with one attached hydrogen (secondary N) is 2. The molecule has 2 rings (SSSR count). The van der Waals surface area contributed by atoms with Crippen molar-refractivity contribution in [2.45, 2.75) is 37.8 Å². The average Bonchev–Trinajstić information content (AvgIpc) is 2.86. The van der Waals surface area contributed by atoms with Crippen LogP contribution in [-0.4, -0.2) is 44.2 Å². The van der Waals surface area contributed by atoms with Crippen molar-refractivity contribution >= 4 is 28.9 Å². The smallest absolute Gasteiger partial charge is 0.0612 e. The van der Waals surface area contributed by atoms with Gasteiger partial charge in [-0.15, -0.1) is 0 Å². The summed E-state index contributed by atoms with van der Waals surface area (Å²) in [6.45, 7) is 2.20. The van der Waals surface area contributed by atoms with Gasteiger partial charge < -0.3 is 15.5 Å². The van der Waals surface area contributed by atoms with Gasteiger partial charge in [0.25, 0.3) is 0 Å². The van der Waals surface area contributed by atoms with Gasteiger partial charge >= 0.3 is 0 Å². The summed E-state index contributed by atoms with van der Waals surface area (Å²) in [6.07, 6.45) is 4.89. The van der Waals surface area contributed by atoms with Crippen LogP contribution in [0.25, 0.3) is 0 Å². The quantitative estimate of drug-likeness (QED) is 0.743. The van der Waals surface area contributed by atoms with Crippen LogP contribution < -0.4 is 10.6 Å². The molecule has 2 N–H and O–H groups in total. The number of hydrogen-bond acceptors (Lipinski definition) is 3. The second kappa shape index (κ2) is 8.23. The van der Waals surface area contributed by atoms with E-state index in [1.54, 1.807) is 0 Å². The summed E-state index contributed by atoms with van der Waals surface area (Å²) in [5.74, 6) is 0. The van der Waals surface area contributed by atoms with E-state index in [1.165, 1.54) is 25.7 Å². The lowest BCUT2D eigenvalue weighted by Crippen LogP contribution is -2.41. The Morgan fingerprint density at radius 2 is 1.90 bits per heavy atom. The Labute approximate surface area is 138 Å². The van der Waals surface area contributed by atoms with Gasteiger partial charge in [0.2, 0.25) is 0 Å². The van der Waals surface area contributed by atoms with Gasteiger partial charge in [-0.05, 0) is 71.1 Å². The highest BCUT2D eigenvalue weighted by molar-refractivity contribution is 6.42. The zero-order valence-corrected chi connectivity index (χ0v) is 14.3. The third-order valence-corrected chi connectivity index (χ3v) is 4.72. The molecule has 3 nitrogen and oxygen atoms in total. The summed E-state index contributed by atoms with van der Waals surface area (Å²) in [7, 11) is 4.23. The fourth-order valence-corrected chi connectivity index (χ4v) is 3.16. The Bertz CT molecular complexity index is 451. The molecule has 0 saturated heterocycles. The normalized spacial score (nSPS) is 22.0. The highest BCUT2D eigenvalue weighted by Crippen LogP contribution is 2.28. The summed E-state index contributed by atoms with van der Waals surface area (Å²) in [6, 6.07) is 6.77. The second-order valence-corrected chi connectivity index (χ2v) is 6.84. The zero-order chi connectivity index (χ0) is 15.2. The lowest BCUT2D eigenvalue weighted by atomic mass is 10.1. The zero-order valence-electron chi connectivity index (χ0n) is 12.8. The maximum atomic E-state index is 6.08. The van der Waals surface area contributed by atoms with Gasteiger partial charge in [0, 0.05) is 17.8 Å². The molecule has 1 aliphatic carbocycles. The van der Waals surface area contributed by atoms with Crippen LogP contribution in [0.1, 0.15) is 25.7 Å². The van der Waals surface area contributed by atoms with Crippen molar-refractivity contribution in [1.29, 1.82) is 0 Å². The van der Waals surface area contributed by atoms with Crippen LogP contribution in [0.15, 0.2) is 18.2 Å². The van der Waals surface area contributed by atoms with Crippen molar-refractivity contribution in [2.24, 2.45) is 0 Å². The van der Waals surface area contributed by atoms with E-state index in [0.29, 0.717) is 22.1 Å². The van der Waals surface area contributed by atoms with E-state index >= 15 is 0 Å². The minimum absolute atomic E-state index is 0.474. The molecule has 0 radical (unpaired) electrons. The van der Waals surface area contributed by atoms with Crippen molar-refractivity contribution in [3.05, 3.63) is 28.2 Å². The topological polar surface area (TPSA) is 27.3 Å². The van der Waals surface area contributed by atoms with Crippen LogP contribution >= 0.6 is 23.2 Å². The Morgan fingerprint density at radius 1 is 1.14 bits per heavy atom. The molecule has 0 unspecified atom stereocenters. The highest BCUT2D eigenvalue weighted by Gasteiger charge is 2.26. The first kappa shape index (κ1) is 16.9. The van der Waals surface area contributed by atoms with Crippen molar-refractivity contribution < 1.29 is 0 Å². The molecule has 5 heteroatoms. The van der Waals surface area contributed by atoms with Gasteiger partial charge in [-0.25, -0.2) is 0 Å². The first-order valence-corrected chi connectivity index (χ1v) is 8.41. The van der Waals surface area contributed by atoms with E-state index in [9.17, 15) is 0 Å². The molecule has 1 aromatic carbocycles. The van der Waals surface area contributed by atoms with Crippen molar-refractivity contribution in [3.8, 4) is 0 Å². The Hall–Kier alpha value is -0.480.